The number of ether oxygens (including phenoxy) is 5. The first kappa shape index (κ1) is 28.3. The van der Waals surface area contributed by atoms with Gasteiger partial charge in [-0.05, 0) is 53.6 Å². The first-order chi connectivity index (χ1) is 20.4. The van der Waals surface area contributed by atoms with Crippen molar-refractivity contribution >= 4 is 23.2 Å². The van der Waals surface area contributed by atoms with E-state index in [1.807, 2.05) is 12.1 Å². The van der Waals surface area contributed by atoms with Crippen molar-refractivity contribution in [1.82, 2.24) is 0 Å². The van der Waals surface area contributed by atoms with E-state index in [2.05, 4.69) is 0 Å². The smallest absolute Gasteiger partial charge is 0.197 e. The van der Waals surface area contributed by atoms with Gasteiger partial charge in [-0.1, -0.05) is 36.4 Å². The molecule has 1 unspecified atom stereocenters. The molecule has 1 aliphatic rings. The van der Waals surface area contributed by atoms with Crippen LogP contribution in [0.5, 0.6) is 34.5 Å². The molecular weight excluding hydrogens is 536 g/mol. The number of carbonyl (C=O) groups excluding carboxylic acids is 2. The topological polar surface area (TPSA) is 101 Å². The number of hydrogen-bond donors (Lipinski definition) is 1. The van der Waals surface area contributed by atoms with E-state index in [0.717, 1.165) is 5.56 Å². The molecular formula is C34H30O8. The van der Waals surface area contributed by atoms with E-state index in [4.69, 9.17) is 23.7 Å². The molecule has 0 saturated carbocycles. The van der Waals surface area contributed by atoms with Crippen LogP contribution in [0, 0.1) is 0 Å². The number of phenolic OH excluding ortho intramolecular Hbond substituents is 1. The highest BCUT2D eigenvalue weighted by Gasteiger charge is 2.37. The van der Waals surface area contributed by atoms with Gasteiger partial charge in [0.2, 0.25) is 0 Å². The molecule has 5 rings (SSSR count). The normalized spacial score (nSPS) is 14.4. The maximum atomic E-state index is 14.2. The van der Waals surface area contributed by atoms with Crippen molar-refractivity contribution in [2.45, 2.75) is 12.5 Å². The summed E-state index contributed by atoms with van der Waals surface area (Å²) in [6.07, 6.45) is 1.09. The van der Waals surface area contributed by atoms with Crippen LogP contribution in [0.2, 0.25) is 0 Å². The molecule has 42 heavy (non-hydrogen) atoms. The Balaban J connectivity index is 1.76. The van der Waals surface area contributed by atoms with Crippen LogP contribution in [-0.4, -0.2) is 45.1 Å². The fourth-order valence-corrected chi connectivity index (χ4v) is 4.96. The average molecular weight is 567 g/mol. The maximum absolute atomic E-state index is 14.2. The van der Waals surface area contributed by atoms with Crippen LogP contribution in [0.3, 0.4) is 0 Å². The third kappa shape index (κ3) is 5.39. The molecule has 4 aromatic rings. The fraction of sp³-hybridized carbons (Fsp3) is 0.176. The average Bonchev–Trinajstić information content (AvgIpc) is 3.03. The fourth-order valence-electron chi connectivity index (χ4n) is 4.96. The molecule has 8 nitrogen and oxygen atoms in total. The largest absolute Gasteiger partial charge is 0.507 e. The van der Waals surface area contributed by atoms with Gasteiger partial charge in [-0.25, -0.2) is 0 Å². The van der Waals surface area contributed by atoms with E-state index in [1.54, 1.807) is 74.9 Å². The molecule has 8 heteroatoms. The summed E-state index contributed by atoms with van der Waals surface area (Å²) in [4.78, 5) is 27.9. The molecule has 4 aromatic carbocycles. The van der Waals surface area contributed by atoms with Crippen LogP contribution >= 0.6 is 0 Å². The quantitative estimate of drug-likeness (QED) is 0.138. The Morgan fingerprint density at radius 2 is 1.45 bits per heavy atom. The van der Waals surface area contributed by atoms with Gasteiger partial charge in [-0.2, -0.15) is 0 Å². The number of fused-ring (bicyclic) bond motifs is 1. The molecule has 0 spiro atoms. The lowest BCUT2D eigenvalue weighted by Gasteiger charge is -2.30. The lowest BCUT2D eigenvalue weighted by atomic mass is 9.87. The summed E-state index contributed by atoms with van der Waals surface area (Å²) >= 11 is 0. The van der Waals surface area contributed by atoms with Gasteiger partial charge < -0.3 is 28.8 Å². The van der Waals surface area contributed by atoms with Crippen molar-refractivity contribution in [3.8, 4) is 34.5 Å². The van der Waals surface area contributed by atoms with Gasteiger partial charge in [0.1, 0.15) is 46.2 Å². The minimum absolute atomic E-state index is 0.0619. The molecule has 0 saturated heterocycles. The number of hydrogen-bond acceptors (Lipinski definition) is 8. The zero-order valence-corrected chi connectivity index (χ0v) is 23.7. The molecule has 0 radical (unpaired) electrons. The van der Waals surface area contributed by atoms with Crippen LogP contribution in [0.25, 0.3) is 11.6 Å². The molecule has 0 fully saturated rings. The van der Waals surface area contributed by atoms with Crippen molar-refractivity contribution in [3.05, 3.63) is 107 Å². The van der Waals surface area contributed by atoms with Crippen molar-refractivity contribution < 1.29 is 38.4 Å². The number of phenols is 1. The predicted molar refractivity (Wildman–Crippen MR) is 158 cm³/mol. The molecule has 1 heterocycles. The summed E-state index contributed by atoms with van der Waals surface area (Å²) in [5.41, 5.74) is 2.15. The lowest BCUT2D eigenvalue weighted by molar-refractivity contribution is 0.0841. The summed E-state index contributed by atoms with van der Waals surface area (Å²) in [7, 11) is 6.07. The molecule has 214 valence electrons. The molecule has 0 bridgehead atoms. The second-order valence-corrected chi connectivity index (χ2v) is 9.54. The van der Waals surface area contributed by atoms with Gasteiger partial charge in [0.25, 0.3) is 0 Å². The van der Waals surface area contributed by atoms with Gasteiger partial charge in [0.15, 0.2) is 11.6 Å². The zero-order chi connectivity index (χ0) is 29.8. The van der Waals surface area contributed by atoms with Crippen molar-refractivity contribution in [2.75, 3.05) is 28.4 Å². The molecule has 1 atom stereocenters. The highest BCUT2D eigenvalue weighted by molar-refractivity contribution is 6.34. The van der Waals surface area contributed by atoms with E-state index in [-0.39, 0.29) is 57.5 Å². The Morgan fingerprint density at radius 1 is 0.833 bits per heavy atom. The van der Waals surface area contributed by atoms with Gasteiger partial charge in [-0.3, -0.25) is 9.59 Å². The minimum atomic E-state index is -0.645. The first-order valence-corrected chi connectivity index (χ1v) is 13.2. The van der Waals surface area contributed by atoms with Gasteiger partial charge >= 0.3 is 0 Å². The SMILES string of the molecule is COc1ccc(/C=C(/C(=O)c2ccccc2O)c2c(OC)cc(OC)c3c2OC(c2ccc(OC)cc2)CC3=O)cc1. The second-order valence-electron chi connectivity index (χ2n) is 9.54. The van der Waals surface area contributed by atoms with Crippen molar-refractivity contribution in [2.24, 2.45) is 0 Å². The van der Waals surface area contributed by atoms with E-state index >= 15 is 0 Å². The van der Waals surface area contributed by atoms with Crippen LogP contribution in [0.4, 0.5) is 0 Å². The Hall–Kier alpha value is -5.24. The standard InChI is InChI=1S/C34H30O8/c1-38-22-13-9-20(10-14-22)17-25(33(37)24-7-5-6-8-26(24)35)31-29(40-3)19-30(41-4)32-27(36)18-28(42-34(31)32)21-11-15-23(39-2)16-12-21/h5-17,19,28,35H,18H2,1-4H3/b25-17+. The summed E-state index contributed by atoms with van der Waals surface area (Å²) < 4.78 is 28.5. The van der Waals surface area contributed by atoms with Crippen LogP contribution in [0.15, 0.2) is 78.9 Å². The number of ketones is 2. The number of methoxy groups -OCH3 is 4. The maximum Gasteiger partial charge on any atom is 0.197 e. The van der Waals surface area contributed by atoms with E-state index in [1.165, 1.54) is 26.4 Å². The van der Waals surface area contributed by atoms with E-state index < -0.39 is 11.9 Å². The van der Waals surface area contributed by atoms with Crippen LogP contribution in [0.1, 0.15) is 49.9 Å². The number of carbonyl (C=O) groups is 2. The summed E-state index contributed by atoms with van der Waals surface area (Å²) in [5.74, 6) is 1.12. The molecule has 0 amide bonds. The Kier molecular flexibility index (Phi) is 8.15. The van der Waals surface area contributed by atoms with Crippen LogP contribution < -0.4 is 23.7 Å². The minimum Gasteiger partial charge on any atom is -0.507 e. The van der Waals surface area contributed by atoms with Gasteiger partial charge in [0, 0.05) is 11.6 Å². The molecule has 1 N–H and O–H groups in total. The molecule has 1 aliphatic heterocycles. The number of Topliss-reactive ketones (excluding diaryl/α,β-unsaturated/α-hetero) is 2. The highest BCUT2D eigenvalue weighted by atomic mass is 16.5. The number of para-hydroxylation sites is 1. The molecule has 0 aliphatic carbocycles. The first-order valence-electron chi connectivity index (χ1n) is 13.2. The summed E-state index contributed by atoms with van der Waals surface area (Å²) in [6.45, 7) is 0. The van der Waals surface area contributed by atoms with Crippen LogP contribution in [-0.2, 0) is 0 Å². The summed E-state index contributed by atoms with van der Waals surface area (Å²) in [5, 5.41) is 10.6. The number of rotatable bonds is 9. The Labute approximate surface area is 243 Å². The molecule has 0 aromatic heterocycles. The number of benzene rings is 4. The third-order valence-electron chi connectivity index (χ3n) is 7.14. The number of allylic oxidation sites excluding steroid dienone is 1. The third-order valence-corrected chi connectivity index (χ3v) is 7.14. The van der Waals surface area contributed by atoms with Crippen molar-refractivity contribution in [3.63, 3.8) is 0 Å². The Bertz CT molecular complexity index is 1650. The lowest BCUT2D eigenvalue weighted by Crippen LogP contribution is -2.23. The van der Waals surface area contributed by atoms with E-state index in [9.17, 15) is 14.7 Å². The Morgan fingerprint density at radius 3 is 2.05 bits per heavy atom. The second kappa shape index (κ2) is 12.1. The monoisotopic (exact) mass is 566 g/mol. The van der Waals surface area contributed by atoms with Crippen molar-refractivity contribution in [1.29, 1.82) is 0 Å². The van der Waals surface area contributed by atoms with E-state index in [0.29, 0.717) is 17.1 Å². The predicted octanol–water partition coefficient (Wildman–Crippen LogP) is 6.56. The summed E-state index contributed by atoms with van der Waals surface area (Å²) in [6, 6.07) is 22.2. The zero-order valence-electron chi connectivity index (χ0n) is 23.7. The van der Waals surface area contributed by atoms with Gasteiger partial charge in [-0.15, -0.1) is 0 Å². The van der Waals surface area contributed by atoms with Gasteiger partial charge in [0.05, 0.1) is 46.0 Å². The number of aromatic hydroxyl groups is 1. The highest BCUT2D eigenvalue weighted by Crippen LogP contribution is 2.49.